The Morgan fingerprint density at radius 2 is 1.94 bits per heavy atom. The first-order valence-corrected chi connectivity index (χ1v) is 12.0. The van der Waals surface area contributed by atoms with Crippen LogP contribution in [-0.4, -0.2) is 39.9 Å². The van der Waals surface area contributed by atoms with Crippen molar-refractivity contribution >= 4 is 23.3 Å². The normalized spacial score (nSPS) is 13.8. The summed E-state index contributed by atoms with van der Waals surface area (Å²) in [6, 6.07) is 4.17. The van der Waals surface area contributed by atoms with Crippen molar-refractivity contribution in [1.82, 2.24) is 9.88 Å². The molecule has 7 nitrogen and oxygen atoms in total. The first kappa shape index (κ1) is 25.6. The maximum Gasteiger partial charge on any atom is 0.294 e. The van der Waals surface area contributed by atoms with Crippen LogP contribution in [0.4, 0.5) is 10.1 Å². The van der Waals surface area contributed by atoms with Crippen molar-refractivity contribution in [1.29, 1.82) is 0 Å². The fraction of sp³-hybridized carbons (Fsp3) is 0.500. The van der Waals surface area contributed by atoms with E-state index in [1.54, 1.807) is 19.9 Å². The highest BCUT2D eigenvalue weighted by Crippen LogP contribution is 2.30. The number of aliphatic hydroxyl groups is 1. The van der Waals surface area contributed by atoms with Gasteiger partial charge in [0.2, 0.25) is 0 Å². The molecule has 0 bridgehead atoms. The Morgan fingerprint density at radius 1 is 1.18 bits per heavy atom. The third-order valence-electron chi connectivity index (χ3n) is 6.41. The first-order valence-electron chi connectivity index (χ1n) is 12.0. The molecule has 0 fully saturated rings. The fourth-order valence-electron chi connectivity index (χ4n) is 4.72. The van der Waals surface area contributed by atoms with E-state index in [2.05, 4.69) is 10.6 Å². The number of aromatic nitrogens is 1. The van der Waals surface area contributed by atoms with Crippen molar-refractivity contribution in [2.24, 2.45) is 0 Å². The van der Waals surface area contributed by atoms with Crippen LogP contribution in [0, 0.1) is 19.7 Å². The highest BCUT2D eigenvalue weighted by Gasteiger charge is 2.32. The zero-order valence-electron chi connectivity index (χ0n) is 20.2. The Hall–Kier alpha value is -3.00. The van der Waals surface area contributed by atoms with Gasteiger partial charge < -0.3 is 20.3 Å². The number of ketones is 1. The molecule has 34 heavy (non-hydrogen) atoms. The molecule has 2 aromatic rings. The number of aryl methyl sites for hydroxylation is 1. The summed E-state index contributed by atoms with van der Waals surface area (Å²) in [6.07, 6.45) is 5.09. The Morgan fingerprint density at radius 3 is 2.62 bits per heavy atom. The lowest BCUT2D eigenvalue weighted by atomic mass is 10.0. The van der Waals surface area contributed by atoms with Crippen molar-refractivity contribution in [2.45, 2.75) is 78.3 Å². The molecular formula is C26H34FN3O4. The van der Waals surface area contributed by atoms with Gasteiger partial charge in [0.25, 0.3) is 17.6 Å². The lowest BCUT2D eigenvalue weighted by Gasteiger charge is -2.20. The van der Waals surface area contributed by atoms with Crippen LogP contribution in [0.5, 0.6) is 0 Å². The van der Waals surface area contributed by atoms with Gasteiger partial charge in [-0.05, 0) is 81.7 Å². The van der Waals surface area contributed by atoms with E-state index in [0.717, 1.165) is 31.4 Å². The zero-order chi connectivity index (χ0) is 24.8. The second-order valence-electron chi connectivity index (χ2n) is 8.98. The number of hydrogen-bond acceptors (Lipinski definition) is 4. The van der Waals surface area contributed by atoms with Gasteiger partial charge in [-0.2, -0.15) is 0 Å². The molecule has 3 rings (SSSR count). The van der Waals surface area contributed by atoms with Crippen molar-refractivity contribution in [3.8, 4) is 0 Å². The predicted octanol–water partition coefficient (Wildman–Crippen LogP) is 4.07. The van der Waals surface area contributed by atoms with Crippen LogP contribution in [0.25, 0.3) is 0 Å². The summed E-state index contributed by atoms with van der Waals surface area (Å²) in [5, 5.41) is 14.8. The Labute approximate surface area is 199 Å². The Balaban J connectivity index is 1.90. The average Bonchev–Trinajstić information content (AvgIpc) is 3.11. The maximum atomic E-state index is 13.6. The molecule has 0 saturated heterocycles. The number of nitrogens with one attached hydrogen (secondary N) is 2. The summed E-state index contributed by atoms with van der Waals surface area (Å²) in [6.45, 7) is 5.92. The number of carbonyl (C=O) groups excluding carboxylic acids is 3. The Bertz CT molecular complexity index is 1080. The molecule has 3 N–H and O–H groups in total. The standard InChI is InChI=1S/C26H34FN3O4/c1-4-8-18(9-7-14-31)28-26(34)24(32)23-17(3)22(21-10-5-6-13-30(21)23)25(33)29-19-11-12-20(27)16(2)15-19/h11-12,15,18,31H,4-10,13-14H2,1-3H3,(H,28,34)(H,29,33)/t18-/m1/s1. The molecule has 2 heterocycles. The van der Waals surface area contributed by atoms with Crippen LogP contribution in [0.15, 0.2) is 18.2 Å². The molecule has 0 aliphatic carbocycles. The highest BCUT2D eigenvalue weighted by atomic mass is 19.1. The van der Waals surface area contributed by atoms with Crippen LogP contribution >= 0.6 is 0 Å². The third-order valence-corrected chi connectivity index (χ3v) is 6.41. The quantitative estimate of drug-likeness (QED) is 0.359. The van der Waals surface area contributed by atoms with E-state index in [1.807, 2.05) is 11.5 Å². The number of aliphatic hydroxyl groups excluding tert-OH is 1. The largest absolute Gasteiger partial charge is 0.396 e. The van der Waals surface area contributed by atoms with Gasteiger partial charge in [-0.15, -0.1) is 0 Å². The van der Waals surface area contributed by atoms with Gasteiger partial charge in [-0.1, -0.05) is 13.3 Å². The first-order chi connectivity index (χ1) is 16.3. The number of amides is 2. The highest BCUT2D eigenvalue weighted by molar-refractivity contribution is 6.43. The van der Waals surface area contributed by atoms with Crippen molar-refractivity contribution in [2.75, 3.05) is 11.9 Å². The van der Waals surface area contributed by atoms with E-state index in [0.29, 0.717) is 48.2 Å². The second-order valence-corrected chi connectivity index (χ2v) is 8.98. The number of Topliss-reactive ketones (excluding diaryl/α,β-unsaturated/α-hetero) is 1. The SMILES string of the molecule is CCC[C@H](CCCO)NC(=O)C(=O)c1c(C)c(C(=O)Nc2ccc(F)c(C)c2)c2n1CCCC2. The average molecular weight is 472 g/mol. The van der Waals surface area contributed by atoms with Crippen LogP contribution in [0.1, 0.15) is 83.1 Å². The van der Waals surface area contributed by atoms with Crippen molar-refractivity contribution in [3.63, 3.8) is 0 Å². The number of nitrogens with zero attached hydrogens (tertiary/aromatic N) is 1. The van der Waals surface area contributed by atoms with Crippen molar-refractivity contribution < 1.29 is 23.9 Å². The van der Waals surface area contributed by atoms with E-state index in [4.69, 9.17) is 5.11 Å². The minimum Gasteiger partial charge on any atom is -0.396 e. The molecule has 0 unspecified atom stereocenters. The summed E-state index contributed by atoms with van der Waals surface area (Å²) in [5.41, 5.74) is 2.78. The molecule has 8 heteroatoms. The smallest absolute Gasteiger partial charge is 0.294 e. The van der Waals surface area contributed by atoms with E-state index in [9.17, 15) is 18.8 Å². The van der Waals surface area contributed by atoms with Gasteiger partial charge in [0, 0.05) is 30.6 Å². The summed E-state index contributed by atoms with van der Waals surface area (Å²) in [5.74, 6) is -2.07. The van der Waals surface area contributed by atoms with Gasteiger partial charge in [-0.25, -0.2) is 4.39 Å². The molecule has 0 spiro atoms. The number of hydrogen-bond donors (Lipinski definition) is 3. The van der Waals surface area contributed by atoms with Gasteiger partial charge in [0.15, 0.2) is 0 Å². The number of carbonyl (C=O) groups is 3. The predicted molar refractivity (Wildman–Crippen MR) is 129 cm³/mol. The molecule has 184 valence electrons. The number of anilines is 1. The van der Waals surface area contributed by atoms with E-state index in [-0.39, 0.29) is 30.1 Å². The number of benzene rings is 1. The monoisotopic (exact) mass is 471 g/mol. The maximum absolute atomic E-state index is 13.6. The number of rotatable bonds is 10. The van der Waals surface area contributed by atoms with E-state index in [1.165, 1.54) is 12.1 Å². The number of halogens is 1. The van der Waals surface area contributed by atoms with Crippen LogP contribution < -0.4 is 10.6 Å². The Kier molecular flexibility index (Phi) is 8.61. The van der Waals surface area contributed by atoms with Gasteiger partial charge >= 0.3 is 0 Å². The minimum atomic E-state index is -0.688. The summed E-state index contributed by atoms with van der Waals surface area (Å²) in [4.78, 5) is 39.4. The molecule has 1 aliphatic heterocycles. The molecular weight excluding hydrogens is 437 g/mol. The molecule has 1 aliphatic rings. The minimum absolute atomic E-state index is 0.0292. The number of fused-ring (bicyclic) bond motifs is 1. The second kappa shape index (κ2) is 11.4. The lowest BCUT2D eigenvalue weighted by Crippen LogP contribution is -2.40. The molecule has 0 radical (unpaired) electrons. The molecule has 1 aromatic heterocycles. The summed E-state index contributed by atoms with van der Waals surface area (Å²) < 4.78 is 15.4. The topological polar surface area (TPSA) is 100 Å². The van der Waals surface area contributed by atoms with E-state index >= 15 is 0 Å². The molecule has 2 amide bonds. The van der Waals surface area contributed by atoms with Gasteiger partial charge in [0.05, 0.1) is 11.3 Å². The summed E-state index contributed by atoms with van der Waals surface area (Å²) >= 11 is 0. The van der Waals surface area contributed by atoms with Gasteiger partial charge in [-0.3, -0.25) is 14.4 Å². The van der Waals surface area contributed by atoms with Crippen LogP contribution in [-0.2, 0) is 17.8 Å². The summed E-state index contributed by atoms with van der Waals surface area (Å²) in [7, 11) is 0. The van der Waals surface area contributed by atoms with Crippen molar-refractivity contribution in [3.05, 3.63) is 52.1 Å². The van der Waals surface area contributed by atoms with Gasteiger partial charge in [0.1, 0.15) is 5.82 Å². The molecule has 1 atom stereocenters. The van der Waals surface area contributed by atoms with Crippen LogP contribution in [0.2, 0.25) is 0 Å². The third kappa shape index (κ3) is 5.55. The van der Waals surface area contributed by atoms with E-state index < -0.39 is 11.7 Å². The molecule has 0 saturated carbocycles. The zero-order valence-corrected chi connectivity index (χ0v) is 20.2. The van der Waals surface area contributed by atoms with Crippen LogP contribution in [0.3, 0.4) is 0 Å². The molecule has 1 aromatic carbocycles. The fourth-order valence-corrected chi connectivity index (χ4v) is 4.72. The lowest BCUT2D eigenvalue weighted by molar-refractivity contribution is -0.117.